The summed E-state index contributed by atoms with van der Waals surface area (Å²) >= 11 is 0. The van der Waals surface area contributed by atoms with Crippen molar-refractivity contribution >= 4 is 17.6 Å². The van der Waals surface area contributed by atoms with Crippen LogP contribution in [0.15, 0.2) is 30.6 Å². The zero-order valence-electron chi connectivity index (χ0n) is 17.7. The Bertz CT molecular complexity index is 688. The second-order valence-corrected chi connectivity index (χ2v) is 7.85. The number of carboxylic acid groups (broad SMARTS) is 2. The first-order valence-corrected chi connectivity index (χ1v) is 10.6. The molecule has 2 aliphatic rings. The van der Waals surface area contributed by atoms with Crippen LogP contribution in [-0.2, 0) is 9.59 Å². The van der Waals surface area contributed by atoms with Crippen molar-refractivity contribution in [1.29, 1.82) is 0 Å². The third-order valence-electron chi connectivity index (χ3n) is 5.36. The summed E-state index contributed by atoms with van der Waals surface area (Å²) in [6.07, 6.45) is 12.9. The molecule has 2 N–H and O–H groups in total. The molecule has 166 valence electrons. The number of nitrogens with zero attached hydrogens (tertiary/aromatic N) is 3. The molecule has 0 amide bonds. The standard InChI is InChI=1S/C18H29N3O.C4H4O4/c1-20-8-5-9-21(11-10-20)17-12-18(14-19-13-17)22-15-16-6-3-2-4-7-16;5-3(6)1-2-4(7)8/h12-14,16H,2-11,15H2,1H3;1-2H,(H,5,6)(H,7,8)/b;2-1+. The summed E-state index contributed by atoms with van der Waals surface area (Å²) in [7, 11) is 2.20. The third kappa shape index (κ3) is 9.26. The summed E-state index contributed by atoms with van der Waals surface area (Å²) < 4.78 is 6.03. The molecule has 1 aromatic rings. The van der Waals surface area contributed by atoms with E-state index in [1.54, 1.807) is 0 Å². The zero-order valence-corrected chi connectivity index (χ0v) is 17.7. The summed E-state index contributed by atoms with van der Waals surface area (Å²) in [6.45, 7) is 5.34. The number of aromatic nitrogens is 1. The predicted octanol–water partition coefficient (Wildman–Crippen LogP) is 2.89. The summed E-state index contributed by atoms with van der Waals surface area (Å²) in [5.74, 6) is -0.843. The van der Waals surface area contributed by atoms with Crippen LogP contribution in [0.3, 0.4) is 0 Å². The van der Waals surface area contributed by atoms with E-state index in [2.05, 4.69) is 27.9 Å². The number of likely N-dealkylation sites (N-methyl/N-ethyl adjacent to an activating group) is 1. The number of pyridine rings is 1. The molecule has 0 atom stereocenters. The van der Waals surface area contributed by atoms with Crippen LogP contribution < -0.4 is 9.64 Å². The molecule has 3 rings (SSSR count). The summed E-state index contributed by atoms with van der Waals surface area (Å²) in [6, 6.07) is 2.17. The van der Waals surface area contributed by atoms with E-state index in [1.165, 1.54) is 50.8 Å². The number of hydrogen-bond donors (Lipinski definition) is 2. The molecule has 1 aliphatic carbocycles. The Kier molecular flexibility index (Phi) is 10.1. The van der Waals surface area contributed by atoms with Crippen molar-refractivity contribution in [3.8, 4) is 5.75 Å². The van der Waals surface area contributed by atoms with Gasteiger partial charge in [0.2, 0.25) is 0 Å². The van der Waals surface area contributed by atoms with Gasteiger partial charge in [-0.15, -0.1) is 0 Å². The van der Waals surface area contributed by atoms with Crippen molar-refractivity contribution in [2.75, 3.05) is 44.7 Å². The summed E-state index contributed by atoms with van der Waals surface area (Å²) in [4.78, 5) is 28.3. The van der Waals surface area contributed by atoms with Crippen molar-refractivity contribution in [2.45, 2.75) is 38.5 Å². The first-order valence-electron chi connectivity index (χ1n) is 10.6. The lowest BCUT2D eigenvalue weighted by Crippen LogP contribution is -2.28. The molecule has 30 heavy (non-hydrogen) atoms. The Morgan fingerprint density at radius 3 is 2.40 bits per heavy atom. The number of rotatable bonds is 6. The van der Waals surface area contributed by atoms with Gasteiger partial charge in [0.15, 0.2) is 0 Å². The predicted molar refractivity (Wildman–Crippen MR) is 115 cm³/mol. The average molecular weight is 420 g/mol. The molecule has 2 fully saturated rings. The van der Waals surface area contributed by atoms with E-state index in [0.717, 1.165) is 37.9 Å². The highest BCUT2D eigenvalue weighted by atomic mass is 16.5. The van der Waals surface area contributed by atoms with Crippen LogP contribution >= 0.6 is 0 Å². The Morgan fingerprint density at radius 1 is 1.03 bits per heavy atom. The fourth-order valence-electron chi connectivity index (χ4n) is 3.67. The molecule has 2 heterocycles. The highest BCUT2D eigenvalue weighted by Crippen LogP contribution is 2.26. The van der Waals surface area contributed by atoms with Crippen molar-refractivity contribution in [3.05, 3.63) is 30.6 Å². The largest absolute Gasteiger partial charge is 0.492 e. The second kappa shape index (κ2) is 12.8. The van der Waals surface area contributed by atoms with E-state index >= 15 is 0 Å². The van der Waals surface area contributed by atoms with Crippen LogP contribution in [0.2, 0.25) is 0 Å². The number of carbonyl (C=O) groups is 2. The van der Waals surface area contributed by atoms with Crippen LogP contribution in [0.25, 0.3) is 0 Å². The van der Waals surface area contributed by atoms with Gasteiger partial charge in [-0.05, 0) is 38.8 Å². The minimum absolute atomic E-state index is 0.558. The average Bonchev–Trinajstić information content (AvgIpc) is 2.97. The number of ether oxygens (including phenoxy) is 1. The van der Waals surface area contributed by atoms with Crippen LogP contribution in [0, 0.1) is 5.92 Å². The Hall–Kier alpha value is -2.61. The SMILES string of the molecule is CN1CCCN(c2cncc(OCC3CCCCC3)c2)CC1.O=C(O)/C=C/C(=O)O. The lowest BCUT2D eigenvalue weighted by molar-refractivity contribution is -0.134. The van der Waals surface area contributed by atoms with Crippen LogP contribution in [0.4, 0.5) is 5.69 Å². The van der Waals surface area contributed by atoms with Crippen molar-refractivity contribution in [1.82, 2.24) is 9.88 Å². The maximum absolute atomic E-state index is 9.55. The molecule has 0 spiro atoms. The maximum atomic E-state index is 9.55. The lowest BCUT2D eigenvalue weighted by atomic mass is 9.90. The van der Waals surface area contributed by atoms with Crippen molar-refractivity contribution in [2.24, 2.45) is 5.92 Å². The molecule has 0 unspecified atom stereocenters. The van der Waals surface area contributed by atoms with Crippen LogP contribution in [0.5, 0.6) is 5.75 Å². The van der Waals surface area contributed by atoms with Crippen molar-refractivity contribution in [3.63, 3.8) is 0 Å². The van der Waals surface area contributed by atoms with Gasteiger partial charge in [-0.3, -0.25) is 4.98 Å². The topological polar surface area (TPSA) is 103 Å². The van der Waals surface area contributed by atoms with Gasteiger partial charge in [0.05, 0.1) is 24.7 Å². The minimum atomic E-state index is -1.26. The molecule has 1 saturated carbocycles. The third-order valence-corrected chi connectivity index (χ3v) is 5.36. The first-order chi connectivity index (χ1) is 14.4. The van der Waals surface area contributed by atoms with Crippen LogP contribution in [-0.4, -0.2) is 71.9 Å². The molecule has 1 saturated heterocycles. The second-order valence-electron chi connectivity index (χ2n) is 7.85. The lowest BCUT2D eigenvalue weighted by Gasteiger charge is -2.24. The fraction of sp³-hybridized carbons (Fsp3) is 0.591. The number of anilines is 1. The molecular formula is C22H33N3O5. The van der Waals surface area contributed by atoms with E-state index in [1.807, 2.05) is 12.4 Å². The van der Waals surface area contributed by atoms with E-state index in [0.29, 0.717) is 12.2 Å². The van der Waals surface area contributed by atoms with E-state index < -0.39 is 11.9 Å². The Labute approximate surface area is 178 Å². The molecule has 0 aromatic carbocycles. The minimum Gasteiger partial charge on any atom is -0.492 e. The first kappa shape index (κ1) is 23.7. The van der Waals surface area contributed by atoms with Gasteiger partial charge in [0.25, 0.3) is 0 Å². The van der Waals surface area contributed by atoms with Gasteiger partial charge in [-0.25, -0.2) is 9.59 Å². The maximum Gasteiger partial charge on any atom is 0.328 e. The van der Waals surface area contributed by atoms with Gasteiger partial charge in [-0.1, -0.05) is 19.3 Å². The molecule has 8 nitrogen and oxygen atoms in total. The molecule has 1 aromatic heterocycles. The van der Waals surface area contributed by atoms with E-state index in [-0.39, 0.29) is 0 Å². The van der Waals surface area contributed by atoms with Gasteiger partial charge in [-0.2, -0.15) is 0 Å². The van der Waals surface area contributed by atoms with Gasteiger partial charge < -0.3 is 24.7 Å². The summed E-state index contributed by atoms with van der Waals surface area (Å²) in [5.41, 5.74) is 1.21. The smallest absolute Gasteiger partial charge is 0.328 e. The van der Waals surface area contributed by atoms with Gasteiger partial charge in [0, 0.05) is 37.9 Å². The Morgan fingerprint density at radius 2 is 1.73 bits per heavy atom. The van der Waals surface area contributed by atoms with E-state index in [9.17, 15) is 9.59 Å². The number of aliphatic carboxylic acids is 2. The van der Waals surface area contributed by atoms with E-state index in [4.69, 9.17) is 14.9 Å². The monoisotopic (exact) mass is 419 g/mol. The van der Waals surface area contributed by atoms with Crippen molar-refractivity contribution < 1.29 is 24.5 Å². The molecule has 8 heteroatoms. The highest BCUT2D eigenvalue weighted by molar-refractivity contribution is 5.89. The zero-order chi connectivity index (χ0) is 21.8. The highest BCUT2D eigenvalue weighted by Gasteiger charge is 2.16. The molecule has 0 bridgehead atoms. The molecular weight excluding hydrogens is 386 g/mol. The molecule has 0 radical (unpaired) electrons. The van der Waals surface area contributed by atoms with Gasteiger partial charge >= 0.3 is 11.9 Å². The molecule has 1 aliphatic heterocycles. The Balaban J connectivity index is 0.000000343. The van der Waals surface area contributed by atoms with Crippen LogP contribution in [0.1, 0.15) is 38.5 Å². The van der Waals surface area contributed by atoms with Gasteiger partial charge in [0.1, 0.15) is 5.75 Å². The number of hydrogen-bond acceptors (Lipinski definition) is 6. The fourth-order valence-corrected chi connectivity index (χ4v) is 3.67. The summed E-state index contributed by atoms with van der Waals surface area (Å²) in [5, 5.41) is 15.6. The quantitative estimate of drug-likeness (QED) is 0.679. The normalized spacial score (nSPS) is 18.4. The number of carboxylic acids is 2.